The molecule has 0 radical (unpaired) electrons. The van der Waals surface area contributed by atoms with Crippen molar-refractivity contribution in [1.82, 2.24) is 19.3 Å². The van der Waals surface area contributed by atoms with Gasteiger partial charge in [-0.15, -0.1) is 10.2 Å². The summed E-state index contributed by atoms with van der Waals surface area (Å²) in [6.45, 7) is 3.98. The fraction of sp³-hybridized carbons (Fsp3) is 0.174. The molecular formula is C23H22N4O2S. The van der Waals surface area contributed by atoms with Crippen LogP contribution in [0.5, 0.6) is 5.75 Å². The molecule has 0 fully saturated rings. The van der Waals surface area contributed by atoms with Gasteiger partial charge in [-0.05, 0) is 56.3 Å². The fourth-order valence-electron chi connectivity index (χ4n) is 3.47. The smallest absolute Gasteiger partial charge is 0.196 e. The Kier molecular flexibility index (Phi) is 5.72. The van der Waals surface area contributed by atoms with Crippen molar-refractivity contribution in [2.75, 3.05) is 12.9 Å². The number of benzene rings is 2. The molecule has 2 aromatic heterocycles. The molecule has 7 heteroatoms. The van der Waals surface area contributed by atoms with Crippen molar-refractivity contribution in [2.45, 2.75) is 19.0 Å². The molecule has 4 aromatic rings. The maximum Gasteiger partial charge on any atom is 0.196 e. The van der Waals surface area contributed by atoms with E-state index in [2.05, 4.69) is 14.8 Å². The van der Waals surface area contributed by atoms with E-state index in [1.807, 2.05) is 79.1 Å². The third kappa shape index (κ3) is 3.89. The van der Waals surface area contributed by atoms with E-state index in [4.69, 9.17) is 4.74 Å². The van der Waals surface area contributed by atoms with Gasteiger partial charge in [0.15, 0.2) is 10.9 Å². The van der Waals surface area contributed by atoms with Crippen LogP contribution in [0.2, 0.25) is 0 Å². The zero-order valence-corrected chi connectivity index (χ0v) is 17.9. The van der Waals surface area contributed by atoms with E-state index in [1.165, 1.54) is 11.8 Å². The van der Waals surface area contributed by atoms with Gasteiger partial charge >= 0.3 is 0 Å². The van der Waals surface area contributed by atoms with E-state index in [-0.39, 0.29) is 5.78 Å². The standard InChI is InChI=1S/C23H22N4O2S/c1-16-13-21(17(2)27(16)19-9-11-20(29-3)12-10-19)22(28)14-30-23-25-24-15-26(23)18-7-5-4-6-8-18/h4-13,15H,14H2,1-3H3. The van der Waals surface area contributed by atoms with Crippen LogP contribution < -0.4 is 4.74 Å². The van der Waals surface area contributed by atoms with E-state index in [0.29, 0.717) is 10.9 Å². The molecule has 0 aliphatic carbocycles. The highest BCUT2D eigenvalue weighted by Crippen LogP contribution is 2.25. The third-order valence-electron chi connectivity index (χ3n) is 4.95. The number of rotatable bonds is 7. The van der Waals surface area contributed by atoms with E-state index in [0.717, 1.165) is 34.1 Å². The van der Waals surface area contributed by atoms with Crippen LogP contribution in [0.3, 0.4) is 0 Å². The number of aromatic nitrogens is 4. The Hall–Kier alpha value is -3.32. The molecule has 0 amide bonds. The van der Waals surface area contributed by atoms with Gasteiger partial charge in [0.1, 0.15) is 12.1 Å². The molecule has 0 atom stereocenters. The van der Waals surface area contributed by atoms with Gasteiger partial charge in [-0.2, -0.15) is 0 Å². The Labute approximate surface area is 179 Å². The summed E-state index contributed by atoms with van der Waals surface area (Å²) in [5.74, 6) is 1.16. The number of para-hydroxylation sites is 1. The molecule has 0 spiro atoms. The first-order chi connectivity index (χ1) is 14.6. The van der Waals surface area contributed by atoms with Gasteiger partial charge in [0.2, 0.25) is 0 Å². The lowest BCUT2D eigenvalue weighted by Gasteiger charge is -2.10. The second-order valence-corrected chi connectivity index (χ2v) is 7.79. The molecular weight excluding hydrogens is 396 g/mol. The number of thioether (sulfide) groups is 1. The van der Waals surface area contributed by atoms with Gasteiger partial charge in [0.25, 0.3) is 0 Å². The van der Waals surface area contributed by atoms with Gasteiger partial charge in [0.05, 0.1) is 12.9 Å². The minimum atomic E-state index is 0.0653. The molecule has 0 unspecified atom stereocenters. The van der Waals surface area contributed by atoms with Crippen molar-refractivity contribution >= 4 is 17.5 Å². The highest BCUT2D eigenvalue weighted by molar-refractivity contribution is 7.99. The van der Waals surface area contributed by atoms with E-state index < -0.39 is 0 Å². The first-order valence-corrected chi connectivity index (χ1v) is 10.5. The molecule has 0 aliphatic rings. The van der Waals surface area contributed by atoms with Gasteiger partial charge in [-0.3, -0.25) is 9.36 Å². The first-order valence-electron chi connectivity index (χ1n) is 9.53. The van der Waals surface area contributed by atoms with Crippen LogP contribution in [0.4, 0.5) is 0 Å². The number of nitrogens with zero attached hydrogens (tertiary/aromatic N) is 4. The summed E-state index contributed by atoms with van der Waals surface area (Å²) in [7, 11) is 1.65. The minimum Gasteiger partial charge on any atom is -0.497 e. The Bertz CT molecular complexity index is 1160. The molecule has 2 aromatic carbocycles. The topological polar surface area (TPSA) is 61.9 Å². The highest BCUT2D eigenvalue weighted by atomic mass is 32.2. The monoisotopic (exact) mass is 418 g/mol. The van der Waals surface area contributed by atoms with Gasteiger partial charge in [0, 0.05) is 28.3 Å². The predicted molar refractivity (Wildman–Crippen MR) is 118 cm³/mol. The Morgan fingerprint density at radius 1 is 1.03 bits per heavy atom. The first kappa shape index (κ1) is 20.0. The van der Waals surface area contributed by atoms with Crippen molar-refractivity contribution in [2.24, 2.45) is 0 Å². The SMILES string of the molecule is COc1ccc(-n2c(C)cc(C(=O)CSc3nncn3-c3ccccc3)c2C)cc1. The molecule has 0 saturated carbocycles. The van der Waals surface area contributed by atoms with Crippen molar-refractivity contribution in [3.05, 3.63) is 83.9 Å². The normalized spacial score (nSPS) is 10.9. The molecule has 0 bridgehead atoms. The number of methoxy groups -OCH3 is 1. The molecule has 0 saturated heterocycles. The largest absolute Gasteiger partial charge is 0.497 e. The van der Waals surface area contributed by atoms with Gasteiger partial charge in [-0.1, -0.05) is 30.0 Å². The summed E-state index contributed by atoms with van der Waals surface area (Å²) in [5.41, 5.74) is 4.63. The van der Waals surface area contributed by atoms with Crippen LogP contribution in [0.1, 0.15) is 21.7 Å². The molecule has 0 aliphatic heterocycles. The zero-order chi connectivity index (χ0) is 21.1. The van der Waals surface area contributed by atoms with Crippen LogP contribution in [-0.4, -0.2) is 38.0 Å². The maximum absolute atomic E-state index is 13.0. The molecule has 30 heavy (non-hydrogen) atoms. The molecule has 2 heterocycles. The van der Waals surface area contributed by atoms with Gasteiger partial charge in [-0.25, -0.2) is 0 Å². The average molecular weight is 419 g/mol. The second kappa shape index (κ2) is 8.59. The third-order valence-corrected chi connectivity index (χ3v) is 5.89. The van der Waals surface area contributed by atoms with Crippen LogP contribution in [-0.2, 0) is 0 Å². The predicted octanol–water partition coefficient (Wildman–Crippen LogP) is 4.66. The molecule has 0 N–H and O–H groups in total. The van der Waals surface area contributed by atoms with Crippen LogP contribution in [0.15, 0.2) is 72.1 Å². The quantitative estimate of drug-likeness (QED) is 0.323. The number of hydrogen-bond donors (Lipinski definition) is 0. The van der Waals surface area contributed by atoms with Crippen LogP contribution in [0.25, 0.3) is 11.4 Å². The number of ketones is 1. The second-order valence-electron chi connectivity index (χ2n) is 6.85. The number of aryl methyl sites for hydroxylation is 1. The maximum atomic E-state index is 13.0. The Morgan fingerprint density at radius 2 is 1.77 bits per heavy atom. The minimum absolute atomic E-state index is 0.0653. The highest BCUT2D eigenvalue weighted by Gasteiger charge is 2.18. The van der Waals surface area contributed by atoms with Crippen LogP contribution >= 0.6 is 11.8 Å². The van der Waals surface area contributed by atoms with Crippen LogP contribution in [0, 0.1) is 13.8 Å². The number of Topliss-reactive ketones (excluding diaryl/α,β-unsaturated/α-hetero) is 1. The number of carbonyl (C=O) groups is 1. The summed E-state index contributed by atoms with van der Waals surface area (Å²) in [6.07, 6.45) is 1.66. The molecule has 4 rings (SSSR count). The van der Waals surface area contributed by atoms with Crippen molar-refractivity contribution in [3.63, 3.8) is 0 Å². The Balaban J connectivity index is 1.53. The molecule has 152 valence electrons. The lowest BCUT2D eigenvalue weighted by molar-refractivity contribution is 0.102. The number of ether oxygens (including phenoxy) is 1. The number of hydrogen-bond acceptors (Lipinski definition) is 5. The number of carbonyl (C=O) groups excluding carboxylic acids is 1. The lowest BCUT2D eigenvalue weighted by Crippen LogP contribution is -2.06. The van der Waals surface area contributed by atoms with E-state index >= 15 is 0 Å². The summed E-state index contributed by atoms with van der Waals surface area (Å²) >= 11 is 1.39. The lowest BCUT2D eigenvalue weighted by atomic mass is 10.2. The fourth-order valence-corrected chi connectivity index (χ4v) is 4.28. The van der Waals surface area contributed by atoms with E-state index in [1.54, 1.807) is 13.4 Å². The van der Waals surface area contributed by atoms with E-state index in [9.17, 15) is 4.79 Å². The van der Waals surface area contributed by atoms with Crippen molar-refractivity contribution < 1.29 is 9.53 Å². The van der Waals surface area contributed by atoms with Gasteiger partial charge < -0.3 is 9.30 Å². The summed E-state index contributed by atoms with van der Waals surface area (Å²) < 4.78 is 9.21. The molecule has 6 nitrogen and oxygen atoms in total. The average Bonchev–Trinajstić information content (AvgIpc) is 3.37. The zero-order valence-electron chi connectivity index (χ0n) is 17.1. The van der Waals surface area contributed by atoms with Crippen molar-refractivity contribution in [1.29, 1.82) is 0 Å². The summed E-state index contributed by atoms with van der Waals surface area (Å²) in [6, 6.07) is 19.6. The summed E-state index contributed by atoms with van der Waals surface area (Å²) in [4.78, 5) is 13.0. The van der Waals surface area contributed by atoms with Crippen molar-refractivity contribution in [3.8, 4) is 17.1 Å². The summed E-state index contributed by atoms with van der Waals surface area (Å²) in [5, 5.41) is 8.87. The Morgan fingerprint density at radius 3 is 2.47 bits per heavy atom.